The zero-order valence-corrected chi connectivity index (χ0v) is 12.8. The molecule has 0 aromatic rings. The maximum Gasteiger partial charge on any atom is 0.410 e. The normalized spacial score (nSPS) is 22.8. The van der Waals surface area contributed by atoms with Gasteiger partial charge in [-0.3, -0.25) is 0 Å². The number of carbonyl (C=O) groups is 1. The van der Waals surface area contributed by atoms with Gasteiger partial charge in [0.05, 0.1) is 0 Å². The molecule has 0 aliphatic carbocycles. The largest absolute Gasteiger partial charge is 0.444 e. The SMILES string of the molecule is CC(CCO)C1CCCN(C(=O)OC(C)(C)C)CC1. The van der Waals surface area contributed by atoms with E-state index in [1.165, 1.54) is 0 Å². The summed E-state index contributed by atoms with van der Waals surface area (Å²) in [6.45, 7) is 9.71. The quantitative estimate of drug-likeness (QED) is 0.858. The van der Waals surface area contributed by atoms with E-state index in [0.29, 0.717) is 11.8 Å². The van der Waals surface area contributed by atoms with Crippen LogP contribution in [-0.4, -0.2) is 41.4 Å². The van der Waals surface area contributed by atoms with Gasteiger partial charge in [0.15, 0.2) is 0 Å². The Morgan fingerprint density at radius 1 is 1.37 bits per heavy atom. The summed E-state index contributed by atoms with van der Waals surface area (Å²) in [5.74, 6) is 1.14. The second-order valence-electron chi connectivity index (χ2n) is 6.65. The highest BCUT2D eigenvalue weighted by molar-refractivity contribution is 5.68. The van der Waals surface area contributed by atoms with E-state index in [4.69, 9.17) is 9.84 Å². The predicted molar refractivity (Wildman–Crippen MR) is 76.0 cm³/mol. The number of carbonyl (C=O) groups excluding carboxylic acids is 1. The van der Waals surface area contributed by atoms with Crippen LogP contribution in [0.4, 0.5) is 4.79 Å². The van der Waals surface area contributed by atoms with E-state index in [-0.39, 0.29) is 12.7 Å². The standard InChI is InChI=1S/C15H29NO3/c1-12(8-11-17)13-6-5-9-16(10-7-13)14(18)19-15(2,3)4/h12-13,17H,5-11H2,1-4H3. The average Bonchev–Trinajstić information content (AvgIpc) is 2.52. The molecule has 4 nitrogen and oxygen atoms in total. The van der Waals surface area contributed by atoms with Crippen molar-refractivity contribution in [2.45, 2.75) is 59.0 Å². The van der Waals surface area contributed by atoms with Crippen molar-refractivity contribution in [2.24, 2.45) is 11.8 Å². The Bertz CT molecular complexity index is 286. The summed E-state index contributed by atoms with van der Waals surface area (Å²) >= 11 is 0. The average molecular weight is 271 g/mol. The van der Waals surface area contributed by atoms with Gasteiger partial charge in [0.1, 0.15) is 5.60 Å². The first kappa shape index (κ1) is 16.3. The molecule has 2 atom stereocenters. The fraction of sp³-hybridized carbons (Fsp3) is 0.933. The van der Waals surface area contributed by atoms with E-state index in [1.807, 2.05) is 25.7 Å². The third-order valence-corrected chi connectivity index (χ3v) is 3.81. The molecule has 0 saturated carbocycles. The van der Waals surface area contributed by atoms with E-state index in [9.17, 15) is 4.79 Å². The van der Waals surface area contributed by atoms with Gasteiger partial charge in [0, 0.05) is 19.7 Å². The zero-order valence-electron chi connectivity index (χ0n) is 12.8. The third kappa shape index (κ3) is 5.81. The van der Waals surface area contributed by atoms with Crippen molar-refractivity contribution in [3.63, 3.8) is 0 Å². The highest BCUT2D eigenvalue weighted by Gasteiger charge is 2.26. The number of ether oxygens (including phenoxy) is 1. The monoisotopic (exact) mass is 271 g/mol. The van der Waals surface area contributed by atoms with E-state index < -0.39 is 5.60 Å². The molecule has 1 heterocycles. The minimum atomic E-state index is -0.424. The van der Waals surface area contributed by atoms with Crippen LogP contribution >= 0.6 is 0 Å². The smallest absolute Gasteiger partial charge is 0.410 e. The zero-order chi connectivity index (χ0) is 14.5. The molecule has 112 valence electrons. The number of hydrogen-bond donors (Lipinski definition) is 1. The number of aliphatic hydroxyl groups excluding tert-OH is 1. The van der Waals surface area contributed by atoms with Crippen LogP contribution in [0.2, 0.25) is 0 Å². The maximum absolute atomic E-state index is 12.0. The molecule has 2 unspecified atom stereocenters. The van der Waals surface area contributed by atoms with Crippen LogP contribution in [-0.2, 0) is 4.74 Å². The van der Waals surface area contributed by atoms with Crippen molar-refractivity contribution in [3.05, 3.63) is 0 Å². The van der Waals surface area contributed by atoms with Gasteiger partial charge in [-0.25, -0.2) is 4.79 Å². The van der Waals surface area contributed by atoms with Crippen LogP contribution in [0.3, 0.4) is 0 Å². The molecular weight excluding hydrogens is 242 g/mol. The van der Waals surface area contributed by atoms with Crippen LogP contribution in [0, 0.1) is 11.8 Å². The summed E-state index contributed by atoms with van der Waals surface area (Å²) in [4.78, 5) is 13.9. The molecule has 1 amide bonds. The molecule has 1 N–H and O–H groups in total. The molecule has 0 aromatic heterocycles. The van der Waals surface area contributed by atoms with Gasteiger partial charge >= 0.3 is 6.09 Å². The van der Waals surface area contributed by atoms with E-state index in [1.54, 1.807) is 0 Å². The maximum atomic E-state index is 12.0. The summed E-state index contributed by atoms with van der Waals surface area (Å²) < 4.78 is 5.42. The molecule has 1 aliphatic rings. The lowest BCUT2D eigenvalue weighted by Crippen LogP contribution is -2.37. The Labute approximate surface area is 117 Å². The number of amides is 1. The Morgan fingerprint density at radius 2 is 2.05 bits per heavy atom. The lowest BCUT2D eigenvalue weighted by molar-refractivity contribution is 0.0253. The lowest BCUT2D eigenvalue weighted by atomic mass is 9.86. The molecule has 0 bridgehead atoms. The van der Waals surface area contributed by atoms with E-state index in [2.05, 4.69) is 6.92 Å². The summed E-state index contributed by atoms with van der Waals surface area (Å²) in [6, 6.07) is 0. The van der Waals surface area contributed by atoms with Gasteiger partial charge in [-0.05, 0) is 58.3 Å². The molecular formula is C15H29NO3. The molecule has 4 heteroatoms. The van der Waals surface area contributed by atoms with Gasteiger partial charge in [-0.1, -0.05) is 6.92 Å². The molecule has 1 fully saturated rings. The summed E-state index contributed by atoms with van der Waals surface area (Å²) in [6.07, 6.45) is 3.85. The van der Waals surface area contributed by atoms with E-state index >= 15 is 0 Å². The second-order valence-corrected chi connectivity index (χ2v) is 6.65. The van der Waals surface area contributed by atoms with Crippen molar-refractivity contribution >= 4 is 6.09 Å². The van der Waals surface area contributed by atoms with Gasteiger partial charge in [0.25, 0.3) is 0 Å². The number of likely N-dealkylation sites (tertiary alicyclic amines) is 1. The first-order chi connectivity index (χ1) is 8.83. The fourth-order valence-electron chi connectivity index (χ4n) is 2.64. The summed E-state index contributed by atoms with van der Waals surface area (Å²) in [5, 5.41) is 9.02. The Kier molecular flexibility index (Phi) is 6.11. The molecule has 19 heavy (non-hydrogen) atoms. The van der Waals surface area contributed by atoms with Crippen LogP contribution in [0.1, 0.15) is 53.4 Å². The number of aliphatic hydroxyl groups is 1. The number of hydrogen-bond acceptors (Lipinski definition) is 3. The molecule has 0 radical (unpaired) electrons. The van der Waals surface area contributed by atoms with Crippen molar-refractivity contribution in [2.75, 3.05) is 19.7 Å². The third-order valence-electron chi connectivity index (χ3n) is 3.81. The highest BCUT2D eigenvalue weighted by Crippen LogP contribution is 2.27. The van der Waals surface area contributed by atoms with Crippen LogP contribution in [0.25, 0.3) is 0 Å². The first-order valence-electron chi connectivity index (χ1n) is 7.42. The van der Waals surface area contributed by atoms with Gasteiger partial charge < -0.3 is 14.7 Å². The minimum absolute atomic E-state index is 0.192. The van der Waals surface area contributed by atoms with Gasteiger partial charge in [0.2, 0.25) is 0 Å². The van der Waals surface area contributed by atoms with Gasteiger partial charge in [-0.15, -0.1) is 0 Å². The summed E-state index contributed by atoms with van der Waals surface area (Å²) in [5.41, 5.74) is -0.424. The van der Waals surface area contributed by atoms with Gasteiger partial charge in [-0.2, -0.15) is 0 Å². The Morgan fingerprint density at radius 3 is 2.63 bits per heavy atom. The van der Waals surface area contributed by atoms with E-state index in [0.717, 1.165) is 38.8 Å². The van der Waals surface area contributed by atoms with Crippen molar-refractivity contribution < 1.29 is 14.6 Å². The molecule has 0 aromatic carbocycles. The lowest BCUT2D eigenvalue weighted by Gasteiger charge is -2.26. The molecule has 1 rings (SSSR count). The van der Waals surface area contributed by atoms with Crippen molar-refractivity contribution in [1.29, 1.82) is 0 Å². The second kappa shape index (κ2) is 7.13. The number of rotatable bonds is 3. The highest BCUT2D eigenvalue weighted by atomic mass is 16.6. The predicted octanol–water partition coefficient (Wildman–Crippen LogP) is 3.04. The van der Waals surface area contributed by atoms with Crippen LogP contribution < -0.4 is 0 Å². The van der Waals surface area contributed by atoms with Crippen molar-refractivity contribution in [3.8, 4) is 0 Å². The summed E-state index contributed by atoms with van der Waals surface area (Å²) in [7, 11) is 0. The fourth-order valence-corrected chi connectivity index (χ4v) is 2.64. The first-order valence-corrected chi connectivity index (χ1v) is 7.42. The molecule has 1 saturated heterocycles. The Hall–Kier alpha value is -0.770. The molecule has 0 spiro atoms. The topological polar surface area (TPSA) is 49.8 Å². The van der Waals surface area contributed by atoms with Crippen LogP contribution in [0.15, 0.2) is 0 Å². The van der Waals surface area contributed by atoms with Crippen LogP contribution in [0.5, 0.6) is 0 Å². The molecule has 1 aliphatic heterocycles. The number of nitrogens with zero attached hydrogens (tertiary/aromatic N) is 1. The van der Waals surface area contributed by atoms with Crippen molar-refractivity contribution in [1.82, 2.24) is 4.90 Å². The minimum Gasteiger partial charge on any atom is -0.444 e. The Balaban J connectivity index is 2.47.